The van der Waals surface area contributed by atoms with Crippen molar-refractivity contribution in [2.24, 2.45) is 0 Å². The summed E-state index contributed by atoms with van der Waals surface area (Å²) in [5.41, 5.74) is 0. The number of hydrogen-bond donors (Lipinski definition) is 2. The van der Waals surface area contributed by atoms with Crippen LogP contribution in [-0.2, 0) is 21.1 Å². The molecule has 0 unspecified atom stereocenters. The van der Waals surface area contributed by atoms with Crippen LogP contribution in [0.2, 0.25) is 0 Å². The molecule has 2 N–H and O–H groups in total. The molecule has 0 aliphatic heterocycles. The van der Waals surface area contributed by atoms with E-state index < -0.39 is 6.72 Å². The molecule has 0 saturated carbocycles. The van der Waals surface area contributed by atoms with Crippen LogP contribution in [0.1, 0.15) is 0 Å². The van der Waals surface area contributed by atoms with E-state index in [1.165, 1.54) is 0 Å². The molecule has 0 radical (unpaired) electrons. The van der Waals surface area contributed by atoms with Crippen LogP contribution in [0.5, 0.6) is 0 Å². The first-order valence-electron chi connectivity index (χ1n) is 1.24. The predicted octanol–water partition coefficient (Wildman–Crippen LogP) is -0.632. The van der Waals surface area contributed by atoms with Crippen LogP contribution in [-0.4, -0.2) is 16.3 Å². The van der Waals surface area contributed by atoms with Gasteiger partial charge in [-0.1, -0.05) is 0 Å². The van der Waals surface area contributed by atoms with E-state index >= 15 is 0 Å². The lowest BCUT2D eigenvalue weighted by molar-refractivity contribution is -0.121. The summed E-state index contributed by atoms with van der Waals surface area (Å²) in [6.07, 6.45) is 0. The third-order valence-electron chi connectivity index (χ3n) is 0.180. The number of carbonyl (C=O) groups excluding carboxylic acids is 1. The maximum absolute atomic E-state index is 9.24. The number of hydrogen-bond acceptors (Lipinski definition) is 3. The van der Waals surface area contributed by atoms with Gasteiger partial charge in [-0.3, -0.25) is 4.79 Å². The fourth-order valence-electron chi connectivity index (χ4n) is 0.0561. The molecule has 0 amide bonds. The summed E-state index contributed by atoms with van der Waals surface area (Å²) in [6.45, 7) is -3.80. The van der Waals surface area contributed by atoms with Crippen LogP contribution in [0.25, 0.3) is 0 Å². The Morgan fingerprint density at radius 3 is 2.14 bits per heavy atom. The Bertz CT molecular complexity index is 104. The Morgan fingerprint density at radius 1 is 1.71 bits per heavy atom. The zero-order valence-electron chi connectivity index (χ0n) is 3.14. The van der Waals surface area contributed by atoms with Gasteiger partial charge in [-0.25, -0.2) is 0 Å². The van der Waals surface area contributed by atoms with Gasteiger partial charge in [-0.15, -0.1) is 0 Å². The molecule has 0 aliphatic rings. The molecule has 4 nitrogen and oxygen atoms in total. The molecule has 0 spiro atoms. The highest BCUT2D eigenvalue weighted by molar-refractivity contribution is 8.06. The van der Waals surface area contributed by atoms with Gasteiger partial charge in [0, 0.05) is 11.8 Å². The van der Waals surface area contributed by atoms with Crippen molar-refractivity contribution < 1.29 is 19.1 Å². The van der Waals surface area contributed by atoms with E-state index in [-0.39, 0.29) is 6.47 Å². The van der Waals surface area contributed by atoms with Crippen molar-refractivity contribution in [2.75, 3.05) is 0 Å². The zero-order chi connectivity index (χ0) is 5.91. The van der Waals surface area contributed by atoms with Crippen molar-refractivity contribution in [1.82, 2.24) is 0 Å². The van der Waals surface area contributed by atoms with E-state index in [9.17, 15) is 4.79 Å². The van der Waals surface area contributed by atoms with E-state index in [0.717, 1.165) is 0 Å². The topological polar surface area (TPSA) is 66.8 Å². The van der Waals surface area contributed by atoms with Gasteiger partial charge in [0.1, 0.15) is 0 Å². The van der Waals surface area contributed by atoms with Crippen LogP contribution in [0.4, 0.5) is 0 Å². The summed E-state index contributed by atoms with van der Waals surface area (Å²) in [6, 6.07) is 0. The minimum atomic E-state index is -3.70. The van der Waals surface area contributed by atoms with Gasteiger partial charge in [-0.2, -0.15) is 0 Å². The van der Waals surface area contributed by atoms with Crippen LogP contribution >= 0.6 is 6.72 Å². The maximum Gasteiger partial charge on any atom is 0.377 e. The lowest BCUT2D eigenvalue weighted by atomic mass is 11.7. The highest BCUT2D eigenvalue weighted by atomic mass is 32.5. The zero-order valence-corrected chi connectivity index (χ0v) is 4.85. The number of rotatable bonds is 2. The summed E-state index contributed by atoms with van der Waals surface area (Å²) in [4.78, 5) is 25.3. The summed E-state index contributed by atoms with van der Waals surface area (Å²) >= 11 is 3.85. The average Bonchev–Trinajstić information content (AvgIpc) is 1.30. The second-order valence-electron chi connectivity index (χ2n) is 0.692. The van der Waals surface area contributed by atoms with Gasteiger partial charge in [0.25, 0.3) is 6.47 Å². The molecule has 0 bridgehead atoms. The van der Waals surface area contributed by atoms with E-state index in [2.05, 4.69) is 16.3 Å². The Morgan fingerprint density at radius 2 is 2.14 bits per heavy atom. The van der Waals surface area contributed by atoms with Crippen molar-refractivity contribution in [3.05, 3.63) is 0 Å². The van der Waals surface area contributed by atoms with Gasteiger partial charge in [-0.05, 0) is 0 Å². The Labute approximate surface area is 45.0 Å². The van der Waals surface area contributed by atoms with Gasteiger partial charge in [0.2, 0.25) is 0 Å². The molecule has 0 aromatic rings. The fourth-order valence-corrected chi connectivity index (χ4v) is 0.274. The first-order chi connectivity index (χ1) is 3.06. The molecule has 0 aromatic carbocycles. The second-order valence-corrected chi connectivity index (χ2v) is 3.31. The minimum Gasteiger partial charge on any atom is -0.394 e. The third-order valence-corrected chi connectivity index (χ3v) is 0.799. The monoisotopic (exact) mass is 142 g/mol. The minimum absolute atomic E-state index is 0.0965. The molecule has 42 valence electrons. The molecule has 7 heavy (non-hydrogen) atoms. The SMILES string of the molecule is O=COP(O)(O)=S. The van der Waals surface area contributed by atoms with Crippen molar-refractivity contribution >= 4 is 25.0 Å². The fraction of sp³-hybridized carbons (Fsp3) is 0. The van der Waals surface area contributed by atoms with Crippen molar-refractivity contribution in [2.45, 2.75) is 0 Å². The molecule has 0 fully saturated rings. The standard InChI is InChI=1S/CH3O4PS/c2-1-5-6(3,4)7/h1H,(H2,3,4,7). The lowest BCUT2D eigenvalue weighted by Gasteiger charge is -1.99. The van der Waals surface area contributed by atoms with Gasteiger partial charge >= 0.3 is 6.72 Å². The highest BCUT2D eigenvalue weighted by Gasteiger charge is 2.04. The van der Waals surface area contributed by atoms with Gasteiger partial charge in [0.05, 0.1) is 0 Å². The average molecular weight is 142 g/mol. The summed E-state index contributed by atoms with van der Waals surface area (Å²) in [7, 11) is 0. The Balaban J connectivity index is 3.57. The van der Waals surface area contributed by atoms with E-state index in [0.29, 0.717) is 0 Å². The first kappa shape index (κ1) is 7.04. The van der Waals surface area contributed by atoms with Crippen LogP contribution in [0.15, 0.2) is 0 Å². The van der Waals surface area contributed by atoms with Crippen LogP contribution in [0, 0.1) is 0 Å². The molecular formula is CH3O4PS. The van der Waals surface area contributed by atoms with E-state index in [1.807, 2.05) is 0 Å². The smallest absolute Gasteiger partial charge is 0.377 e. The third kappa shape index (κ3) is 6.04. The quantitative estimate of drug-likeness (QED) is 0.397. The van der Waals surface area contributed by atoms with E-state index in [1.54, 1.807) is 0 Å². The highest BCUT2D eigenvalue weighted by Crippen LogP contribution is 2.34. The Kier molecular flexibility index (Phi) is 2.39. The summed E-state index contributed by atoms with van der Waals surface area (Å²) in [5.74, 6) is 0. The predicted molar refractivity (Wildman–Crippen MR) is 25.9 cm³/mol. The Hall–Kier alpha value is 0.0400. The molecule has 0 aliphatic carbocycles. The molecule has 0 atom stereocenters. The van der Waals surface area contributed by atoms with Crippen molar-refractivity contribution in [1.29, 1.82) is 0 Å². The van der Waals surface area contributed by atoms with Gasteiger partial charge < -0.3 is 14.3 Å². The molecule has 0 saturated heterocycles. The van der Waals surface area contributed by atoms with Crippen LogP contribution < -0.4 is 0 Å². The van der Waals surface area contributed by atoms with Crippen molar-refractivity contribution in [3.63, 3.8) is 0 Å². The molecule has 0 aromatic heterocycles. The normalized spacial score (nSPS) is 10.6. The van der Waals surface area contributed by atoms with Crippen LogP contribution in [0.3, 0.4) is 0 Å². The second kappa shape index (κ2) is 2.37. The van der Waals surface area contributed by atoms with E-state index in [4.69, 9.17) is 9.79 Å². The van der Waals surface area contributed by atoms with Crippen molar-refractivity contribution in [3.8, 4) is 0 Å². The molecule has 0 rings (SSSR count). The largest absolute Gasteiger partial charge is 0.394 e. The summed E-state index contributed by atoms with van der Waals surface area (Å²) < 4.78 is 3.59. The number of carbonyl (C=O) groups is 1. The summed E-state index contributed by atoms with van der Waals surface area (Å²) in [5, 5.41) is 0. The van der Waals surface area contributed by atoms with Gasteiger partial charge in [0.15, 0.2) is 0 Å². The molecule has 0 heterocycles. The first-order valence-corrected chi connectivity index (χ1v) is 3.86. The lowest BCUT2D eigenvalue weighted by Crippen LogP contribution is -1.81. The maximum atomic E-state index is 9.24. The molecular weight excluding hydrogens is 139 g/mol. The molecule has 6 heteroatoms.